The Morgan fingerprint density at radius 1 is 0.841 bits per heavy atom. The maximum Gasteiger partial charge on any atom is 0.262 e. The van der Waals surface area contributed by atoms with Crippen molar-refractivity contribution in [3.8, 4) is 5.75 Å². The van der Waals surface area contributed by atoms with Gasteiger partial charge in [-0.15, -0.1) is 0 Å². The van der Waals surface area contributed by atoms with E-state index in [2.05, 4.69) is 9.62 Å². The number of nitrogens with one attached hydrogen (secondary N) is 1. The SMILES string of the molecule is COc1ccc(N2C(=O)c3cc(S(=O)(=O)Nc4ccc(C)cc4)ccc3N(Cc3ccccc3)[C@H]2c2ccc(Cl)cc2)cc1. The van der Waals surface area contributed by atoms with Crippen LogP contribution in [0.5, 0.6) is 5.75 Å². The minimum Gasteiger partial charge on any atom is -0.497 e. The number of hydrogen-bond donors (Lipinski definition) is 1. The molecule has 0 radical (unpaired) electrons. The zero-order valence-electron chi connectivity index (χ0n) is 24.1. The average molecular weight is 624 g/mol. The molecule has 1 aliphatic heterocycles. The number of methoxy groups -OCH3 is 1. The monoisotopic (exact) mass is 623 g/mol. The van der Waals surface area contributed by atoms with Gasteiger partial charge in [0.25, 0.3) is 15.9 Å². The van der Waals surface area contributed by atoms with E-state index in [4.69, 9.17) is 16.3 Å². The van der Waals surface area contributed by atoms with Crippen molar-refractivity contribution in [2.45, 2.75) is 24.5 Å². The predicted octanol–water partition coefficient (Wildman–Crippen LogP) is 7.82. The minimum atomic E-state index is -3.99. The lowest BCUT2D eigenvalue weighted by molar-refractivity contribution is 0.0968. The molecular formula is C35H30ClN3O4S. The number of aryl methyl sites for hydroxylation is 1. The molecule has 0 bridgehead atoms. The molecule has 0 saturated carbocycles. The summed E-state index contributed by atoms with van der Waals surface area (Å²) in [5.41, 5.74) is 4.85. The normalized spacial score (nSPS) is 14.7. The number of carbonyl (C=O) groups is 1. The quantitative estimate of drug-likeness (QED) is 0.191. The van der Waals surface area contributed by atoms with Crippen molar-refractivity contribution in [2.75, 3.05) is 21.6 Å². The number of benzene rings is 5. The molecule has 1 atom stereocenters. The van der Waals surface area contributed by atoms with E-state index in [9.17, 15) is 13.2 Å². The predicted molar refractivity (Wildman–Crippen MR) is 175 cm³/mol. The molecular weight excluding hydrogens is 594 g/mol. The Kier molecular flexibility index (Phi) is 8.03. The molecule has 1 amide bonds. The first-order chi connectivity index (χ1) is 21.2. The highest BCUT2D eigenvalue weighted by Gasteiger charge is 2.40. The highest BCUT2D eigenvalue weighted by atomic mass is 35.5. The van der Waals surface area contributed by atoms with E-state index in [-0.39, 0.29) is 16.4 Å². The Morgan fingerprint density at radius 3 is 2.18 bits per heavy atom. The Hall–Kier alpha value is -4.79. The summed E-state index contributed by atoms with van der Waals surface area (Å²) in [6, 6.07) is 36.4. The summed E-state index contributed by atoms with van der Waals surface area (Å²) in [6.45, 7) is 2.38. The number of nitrogens with zero attached hydrogens (tertiary/aromatic N) is 2. The summed E-state index contributed by atoms with van der Waals surface area (Å²) in [6.07, 6.45) is -0.561. The van der Waals surface area contributed by atoms with E-state index in [1.165, 1.54) is 6.07 Å². The third-order valence-electron chi connectivity index (χ3n) is 7.60. The molecule has 1 aliphatic rings. The maximum atomic E-state index is 14.5. The van der Waals surface area contributed by atoms with Crippen molar-refractivity contribution in [3.05, 3.63) is 149 Å². The molecule has 0 aliphatic carbocycles. The standard InChI is InChI=1S/C35H30ClN3O4S/c1-24-8-14-28(15-9-24)37-44(41,42)31-20-21-33-32(22-31)35(40)39(29-16-18-30(43-2)19-17-29)34(26-10-12-27(36)13-11-26)38(33)23-25-6-4-3-5-7-25/h3-22,34,37H,23H2,1-2H3/t34-/m1/s1. The molecule has 9 heteroatoms. The zero-order chi connectivity index (χ0) is 30.8. The number of halogens is 1. The smallest absolute Gasteiger partial charge is 0.262 e. The van der Waals surface area contributed by atoms with Gasteiger partial charge in [-0.1, -0.05) is 71.8 Å². The van der Waals surface area contributed by atoms with Crippen LogP contribution in [0.15, 0.2) is 126 Å². The van der Waals surface area contributed by atoms with Crippen LogP contribution in [-0.4, -0.2) is 21.4 Å². The number of ether oxygens (including phenoxy) is 1. The molecule has 44 heavy (non-hydrogen) atoms. The lowest BCUT2D eigenvalue weighted by atomic mass is 9.99. The lowest BCUT2D eigenvalue weighted by Crippen LogP contribution is -2.49. The number of fused-ring (bicyclic) bond motifs is 1. The number of anilines is 3. The molecule has 6 rings (SSSR count). The number of carbonyl (C=O) groups excluding carboxylic acids is 1. The van der Waals surface area contributed by atoms with Crippen molar-refractivity contribution < 1.29 is 17.9 Å². The van der Waals surface area contributed by atoms with Crippen LogP contribution < -0.4 is 19.3 Å². The molecule has 7 nitrogen and oxygen atoms in total. The fourth-order valence-corrected chi connectivity index (χ4v) is 6.58. The largest absolute Gasteiger partial charge is 0.497 e. The van der Waals surface area contributed by atoms with Gasteiger partial charge in [0, 0.05) is 22.9 Å². The fraction of sp³-hybridized carbons (Fsp3) is 0.114. The molecule has 0 saturated heterocycles. The van der Waals surface area contributed by atoms with E-state index in [1.54, 1.807) is 60.5 Å². The van der Waals surface area contributed by atoms with Crippen molar-refractivity contribution in [1.82, 2.24) is 0 Å². The Bertz CT molecular complexity index is 1900. The van der Waals surface area contributed by atoms with Crippen molar-refractivity contribution in [3.63, 3.8) is 0 Å². The van der Waals surface area contributed by atoms with Crippen molar-refractivity contribution in [2.24, 2.45) is 0 Å². The van der Waals surface area contributed by atoms with Gasteiger partial charge in [0.05, 0.1) is 23.3 Å². The Morgan fingerprint density at radius 2 is 1.52 bits per heavy atom. The lowest BCUT2D eigenvalue weighted by Gasteiger charge is -2.46. The molecule has 0 spiro atoms. The van der Waals surface area contributed by atoms with E-state index in [1.807, 2.05) is 73.7 Å². The van der Waals surface area contributed by atoms with Gasteiger partial charge in [0.2, 0.25) is 0 Å². The molecule has 1 heterocycles. The van der Waals surface area contributed by atoms with E-state index < -0.39 is 16.2 Å². The second-order valence-electron chi connectivity index (χ2n) is 10.6. The zero-order valence-corrected chi connectivity index (χ0v) is 25.7. The molecule has 5 aromatic rings. The van der Waals surface area contributed by atoms with Gasteiger partial charge in [0.1, 0.15) is 11.9 Å². The van der Waals surface area contributed by atoms with Gasteiger partial charge in [-0.2, -0.15) is 0 Å². The number of sulfonamides is 1. The van der Waals surface area contributed by atoms with Gasteiger partial charge >= 0.3 is 0 Å². The van der Waals surface area contributed by atoms with E-state index >= 15 is 0 Å². The van der Waals surface area contributed by atoms with Gasteiger partial charge in [-0.3, -0.25) is 14.4 Å². The van der Waals surface area contributed by atoms with Crippen LogP contribution in [0.1, 0.15) is 33.2 Å². The summed E-state index contributed by atoms with van der Waals surface area (Å²) < 4.78 is 35.0. The van der Waals surface area contributed by atoms with Crippen LogP contribution in [0, 0.1) is 6.92 Å². The van der Waals surface area contributed by atoms with Gasteiger partial charge in [-0.05, 0) is 84.8 Å². The highest BCUT2D eigenvalue weighted by molar-refractivity contribution is 7.92. The topological polar surface area (TPSA) is 78.9 Å². The first kappa shape index (κ1) is 29.3. The Balaban J connectivity index is 1.51. The molecule has 0 fully saturated rings. The first-order valence-electron chi connectivity index (χ1n) is 14.0. The van der Waals surface area contributed by atoms with Crippen LogP contribution in [0.4, 0.5) is 17.1 Å². The van der Waals surface area contributed by atoms with Crippen molar-refractivity contribution >= 4 is 44.6 Å². The second kappa shape index (κ2) is 12.1. The van der Waals surface area contributed by atoms with Crippen LogP contribution in [-0.2, 0) is 16.6 Å². The second-order valence-corrected chi connectivity index (χ2v) is 12.7. The van der Waals surface area contributed by atoms with Crippen LogP contribution in [0.3, 0.4) is 0 Å². The summed E-state index contributed by atoms with van der Waals surface area (Å²) in [5.74, 6) is 0.320. The van der Waals surface area contributed by atoms with Crippen LogP contribution >= 0.6 is 11.6 Å². The number of amides is 1. The summed E-state index contributed by atoms with van der Waals surface area (Å²) in [4.78, 5) is 18.3. The van der Waals surface area contributed by atoms with Crippen LogP contribution in [0.2, 0.25) is 5.02 Å². The molecule has 0 aromatic heterocycles. The Labute approximate surface area is 262 Å². The highest BCUT2D eigenvalue weighted by Crippen LogP contribution is 2.43. The van der Waals surface area contributed by atoms with Crippen molar-refractivity contribution in [1.29, 1.82) is 0 Å². The van der Waals surface area contributed by atoms with Crippen LogP contribution in [0.25, 0.3) is 0 Å². The summed E-state index contributed by atoms with van der Waals surface area (Å²) in [5, 5.41) is 0.581. The molecule has 5 aromatic carbocycles. The minimum absolute atomic E-state index is 0.00976. The van der Waals surface area contributed by atoms with Gasteiger partial charge < -0.3 is 9.64 Å². The van der Waals surface area contributed by atoms with Gasteiger partial charge in [-0.25, -0.2) is 8.42 Å². The molecule has 1 N–H and O–H groups in total. The van der Waals surface area contributed by atoms with Gasteiger partial charge in [0.15, 0.2) is 0 Å². The third-order valence-corrected chi connectivity index (χ3v) is 9.23. The van der Waals surface area contributed by atoms with E-state index in [0.29, 0.717) is 34.4 Å². The molecule has 222 valence electrons. The number of rotatable bonds is 8. The first-order valence-corrected chi connectivity index (χ1v) is 15.9. The average Bonchev–Trinajstić information content (AvgIpc) is 3.04. The maximum absolute atomic E-state index is 14.5. The molecule has 0 unspecified atom stereocenters. The fourth-order valence-electron chi connectivity index (χ4n) is 5.37. The summed E-state index contributed by atoms with van der Waals surface area (Å²) >= 11 is 6.27. The third kappa shape index (κ3) is 5.86. The van der Waals surface area contributed by atoms with E-state index in [0.717, 1.165) is 16.7 Å². The summed E-state index contributed by atoms with van der Waals surface area (Å²) in [7, 11) is -2.41. The number of hydrogen-bond acceptors (Lipinski definition) is 5.